The maximum Gasteiger partial charge on any atom is 0.193 e. The van der Waals surface area contributed by atoms with Crippen molar-refractivity contribution in [2.45, 2.75) is 33.6 Å². The van der Waals surface area contributed by atoms with Crippen molar-refractivity contribution in [3.8, 4) is 0 Å². The summed E-state index contributed by atoms with van der Waals surface area (Å²) in [7, 11) is 0. The van der Waals surface area contributed by atoms with E-state index in [0.717, 1.165) is 38.6 Å². The van der Waals surface area contributed by atoms with Gasteiger partial charge in [-0.1, -0.05) is 27.2 Å². The molecule has 1 rings (SSSR count). The highest BCUT2D eigenvalue weighted by Crippen LogP contribution is 2.12. The molecule has 0 aromatic carbocycles. The molecule has 1 atom stereocenters. The van der Waals surface area contributed by atoms with Gasteiger partial charge in [-0.3, -0.25) is 5.41 Å². The smallest absolute Gasteiger partial charge is 0.193 e. The van der Waals surface area contributed by atoms with E-state index in [1.54, 1.807) is 6.26 Å². The maximum atomic E-state index is 7.99. The fraction of sp³-hybridized carbons (Fsp3) is 0.917. The van der Waals surface area contributed by atoms with Crippen LogP contribution < -0.4 is 0 Å². The summed E-state index contributed by atoms with van der Waals surface area (Å²) >= 11 is 3.53. The average molecular weight is 245 g/mol. The van der Waals surface area contributed by atoms with Crippen LogP contribution in [-0.4, -0.2) is 48.2 Å². The molecule has 0 aromatic rings. The van der Waals surface area contributed by atoms with Crippen molar-refractivity contribution in [2.75, 3.05) is 32.4 Å². The first-order valence-corrected chi connectivity index (χ1v) is 7.11. The lowest BCUT2D eigenvalue weighted by atomic mass is 10.1. The van der Waals surface area contributed by atoms with Gasteiger partial charge in [-0.2, -0.15) is 12.6 Å². The van der Waals surface area contributed by atoms with Crippen LogP contribution in [0.25, 0.3) is 0 Å². The van der Waals surface area contributed by atoms with Crippen molar-refractivity contribution in [3.63, 3.8) is 0 Å². The molecule has 1 fully saturated rings. The van der Waals surface area contributed by atoms with E-state index >= 15 is 0 Å². The summed E-state index contributed by atoms with van der Waals surface area (Å²) in [5.41, 5.74) is 0. The quantitative estimate of drug-likeness (QED) is 0.729. The molecule has 4 heteroatoms. The second-order valence-electron chi connectivity index (χ2n) is 4.27. The fourth-order valence-corrected chi connectivity index (χ4v) is 1.82. The number of thiol groups is 1. The largest absolute Gasteiger partial charge is 0.341 e. The molecular weight excluding hydrogens is 218 g/mol. The Morgan fingerprint density at radius 3 is 2.31 bits per heavy atom. The minimum absolute atomic E-state index is 0.705. The Kier molecular flexibility index (Phi) is 8.53. The predicted octanol–water partition coefficient (Wildman–Crippen LogP) is 2.54. The van der Waals surface area contributed by atoms with Crippen molar-refractivity contribution >= 4 is 18.6 Å². The Morgan fingerprint density at radius 2 is 1.81 bits per heavy atom. The van der Waals surface area contributed by atoms with Crippen LogP contribution in [-0.2, 0) is 0 Å². The first-order valence-electron chi connectivity index (χ1n) is 6.22. The zero-order valence-electron chi connectivity index (χ0n) is 11.2. The van der Waals surface area contributed by atoms with Gasteiger partial charge in [0.2, 0.25) is 0 Å². The van der Waals surface area contributed by atoms with Crippen LogP contribution in [0, 0.1) is 11.3 Å². The van der Waals surface area contributed by atoms with Gasteiger partial charge in [0.05, 0.1) is 0 Å². The Bertz CT molecular complexity index is 197. The van der Waals surface area contributed by atoms with Crippen molar-refractivity contribution < 1.29 is 0 Å². The van der Waals surface area contributed by atoms with Gasteiger partial charge in [0.15, 0.2) is 5.96 Å². The lowest BCUT2D eigenvalue weighted by molar-refractivity contribution is 0.370. The third-order valence-corrected chi connectivity index (χ3v) is 2.96. The van der Waals surface area contributed by atoms with Crippen LogP contribution >= 0.6 is 12.6 Å². The number of hydrogen-bond donors (Lipinski definition) is 2. The average Bonchev–Trinajstić information content (AvgIpc) is 2.65. The molecule has 3 nitrogen and oxygen atoms in total. The van der Waals surface area contributed by atoms with E-state index in [0.29, 0.717) is 5.92 Å². The Hall–Kier alpha value is -0.380. The molecule has 1 N–H and O–H groups in total. The van der Waals surface area contributed by atoms with Gasteiger partial charge in [0.1, 0.15) is 0 Å². The zero-order valence-corrected chi connectivity index (χ0v) is 12.1. The summed E-state index contributed by atoms with van der Waals surface area (Å²) in [5, 5.41) is 7.99. The SMILES string of the molecule is CCCN1CCN(CC(C)CC)C1=N.CS. The van der Waals surface area contributed by atoms with Gasteiger partial charge in [-0.15, -0.1) is 0 Å². The minimum atomic E-state index is 0.705. The van der Waals surface area contributed by atoms with E-state index in [9.17, 15) is 0 Å². The standard InChI is InChI=1S/C11H23N3.CH4S/c1-4-6-13-7-8-14(11(13)12)9-10(3)5-2;1-2/h10,12H,4-9H2,1-3H3;2H,1H3. The third-order valence-electron chi connectivity index (χ3n) is 2.96. The van der Waals surface area contributed by atoms with Gasteiger partial charge in [0.25, 0.3) is 0 Å². The highest BCUT2D eigenvalue weighted by molar-refractivity contribution is 7.79. The van der Waals surface area contributed by atoms with E-state index in [4.69, 9.17) is 5.41 Å². The van der Waals surface area contributed by atoms with Crippen LogP contribution in [0.5, 0.6) is 0 Å². The van der Waals surface area contributed by atoms with Gasteiger partial charge < -0.3 is 9.80 Å². The van der Waals surface area contributed by atoms with E-state index < -0.39 is 0 Å². The molecule has 16 heavy (non-hydrogen) atoms. The summed E-state index contributed by atoms with van der Waals surface area (Å²) in [6.07, 6.45) is 4.04. The second-order valence-corrected chi connectivity index (χ2v) is 4.27. The summed E-state index contributed by atoms with van der Waals surface area (Å²) in [6.45, 7) is 10.8. The molecule has 0 amide bonds. The Balaban J connectivity index is 0.00000106. The highest BCUT2D eigenvalue weighted by atomic mass is 32.1. The van der Waals surface area contributed by atoms with Crippen LogP contribution in [0.4, 0.5) is 0 Å². The van der Waals surface area contributed by atoms with Crippen molar-refractivity contribution in [1.29, 1.82) is 5.41 Å². The Morgan fingerprint density at radius 1 is 1.25 bits per heavy atom. The van der Waals surface area contributed by atoms with Crippen LogP contribution in [0.2, 0.25) is 0 Å². The van der Waals surface area contributed by atoms with Gasteiger partial charge in [0, 0.05) is 26.2 Å². The van der Waals surface area contributed by atoms with Gasteiger partial charge >= 0.3 is 0 Å². The summed E-state index contributed by atoms with van der Waals surface area (Å²) in [6, 6.07) is 0. The molecule has 0 aliphatic carbocycles. The lowest BCUT2D eigenvalue weighted by Crippen LogP contribution is -2.35. The summed E-state index contributed by atoms with van der Waals surface area (Å²) in [5.74, 6) is 1.45. The molecule has 1 saturated heterocycles. The molecule has 0 saturated carbocycles. The minimum Gasteiger partial charge on any atom is -0.341 e. The first kappa shape index (κ1) is 15.6. The molecular formula is C12H27N3S. The van der Waals surface area contributed by atoms with Crippen LogP contribution in [0.15, 0.2) is 0 Å². The third kappa shape index (κ3) is 4.64. The van der Waals surface area contributed by atoms with E-state index in [1.165, 1.54) is 6.42 Å². The number of hydrogen-bond acceptors (Lipinski definition) is 2. The van der Waals surface area contributed by atoms with Crippen molar-refractivity contribution in [1.82, 2.24) is 9.80 Å². The Labute approximate surface area is 106 Å². The summed E-state index contributed by atoms with van der Waals surface area (Å²) in [4.78, 5) is 4.40. The monoisotopic (exact) mass is 245 g/mol. The predicted molar refractivity (Wildman–Crippen MR) is 75.5 cm³/mol. The van der Waals surface area contributed by atoms with Gasteiger partial charge in [-0.05, 0) is 18.6 Å². The molecule has 1 aliphatic heterocycles. The van der Waals surface area contributed by atoms with E-state index in [1.807, 2.05) is 0 Å². The fourth-order valence-electron chi connectivity index (χ4n) is 1.82. The lowest BCUT2D eigenvalue weighted by Gasteiger charge is -2.23. The summed E-state index contributed by atoms with van der Waals surface area (Å²) < 4.78 is 0. The van der Waals surface area contributed by atoms with Crippen molar-refractivity contribution in [2.24, 2.45) is 5.92 Å². The van der Waals surface area contributed by atoms with Crippen molar-refractivity contribution in [3.05, 3.63) is 0 Å². The molecule has 1 unspecified atom stereocenters. The first-order chi connectivity index (χ1) is 7.69. The normalized spacial score (nSPS) is 17.2. The molecule has 0 spiro atoms. The van der Waals surface area contributed by atoms with Crippen LogP contribution in [0.3, 0.4) is 0 Å². The number of guanidine groups is 1. The number of nitrogens with zero attached hydrogens (tertiary/aromatic N) is 2. The molecule has 0 radical (unpaired) electrons. The zero-order chi connectivity index (χ0) is 12.6. The number of nitrogens with one attached hydrogen (secondary N) is 1. The molecule has 0 aromatic heterocycles. The molecule has 0 bridgehead atoms. The molecule has 1 heterocycles. The van der Waals surface area contributed by atoms with E-state index in [-0.39, 0.29) is 0 Å². The van der Waals surface area contributed by atoms with Gasteiger partial charge in [-0.25, -0.2) is 0 Å². The second kappa shape index (κ2) is 8.74. The van der Waals surface area contributed by atoms with Crippen LogP contribution in [0.1, 0.15) is 33.6 Å². The topological polar surface area (TPSA) is 30.3 Å². The maximum absolute atomic E-state index is 7.99. The molecule has 96 valence electrons. The highest BCUT2D eigenvalue weighted by Gasteiger charge is 2.24. The number of rotatable bonds is 5. The van der Waals surface area contributed by atoms with E-state index in [2.05, 4.69) is 43.2 Å². The molecule has 1 aliphatic rings.